The molecule has 0 bridgehead atoms. The zero-order valence-corrected chi connectivity index (χ0v) is 16.0. The lowest BCUT2D eigenvalue weighted by Gasteiger charge is -2.37. The molecule has 0 spiro atoms. The summed E-state index contributed by atoms with van der Waals surface area (Å²) in [6.07, 6.45) is -4.27. The van der Waals surface area contributed by atoms with Gasteiger partial charge in [0.25, 0.3) is 0 Å². The number of rotatable bonds is 4. The quantitative estimate of drug-likeness (QED) is 0.643. The fraction of sp³-hybridized carbons (Fsp3) is 0.263. The molecule has 2 aromatic heterocycles. The van der Waals surface area contributed by atoms with Crippen molar-refractivity contribution in [3.8, 4) is 5.88 Å². The highest BCUT2D eigenvalue weighted by atomic mass is 32.2. The van der Waals surface area contributed by atoms with Crippen molar-refractivity contribution in [2.75, 3.05) is 13.1 Å². The standard InChI is InChI=1S/C19H16F3N3O3S/c1-12-5-6-13-3-2-4-16(18(13)24-12)29(26,27)25-10-15(11-25)28-17-8-7-14(9-23-17)19(20,21)22/h2-9,15H,10-11H2,1H3. The Morgan fingerprint density at radius 1 is 1.10 bits per heavy atom. The highest BCUT2D eigenvalue weighted by Gasteiger charge is 2.39. The fourth-order valence-electron chi connectivity index (χ4n) is 3.02. The smallest absolute Gasteiger partial charge is 0.417 e. The van der Waals surface area contributed by atoms with Crippen LogP contribution in [-0.4, -0.2) is 41.9 Å². The van der Waals surface area contributed by atoms with Crippen LogP contribution in [0.3, 0.4) is 0 Å². The molecule has 0 atom stereocenters. The summed E-state index contributed by atoms with van der Waals surface area (Å²) in [4.78, 5) is 8.12. The molecule has 0 unspecified atom stereocenters. The largest absolute Gasteiger partial charge is 0.472 e. The number of ether oxygens (including phenoxy) is 1. The van der Waals surface area contributed by atoms with Crippen LogP contribution < -0.4 is 4.74 Å². The highest BCUT2D eigenvalue weighted by Crippen LogP contribution is 2.31. The molecule has 10 heteroatoms. The third-order valence-corrected chi connectivity index (χ3v) is 6.47. The molecule has 1 aromatic carbocycles. The Morgan fingerprint density at radius 2 is 1.86 bits per heavy atom. The third-order valence-electron chi connectivity index (χ3n) is 4.61. The van der Waals surface area contributed by atoms with Gasteiger partial charge < -0.3 is 4.74 Å². The van der Waals surface area contributed by atoms with Gasteiger partial charge in [0, 0.05) is 23.3 Å². The van der Waals surface area contributed by atoms with Crippen LogP contribution in [0, 0.1) is 6.92 Å². The monoisotopic (exact) mass is 423 g/mol. The number of benzene rings is 1. The number of nitrogens with zero attached hydrogens (tertiary/aromatic N) is 3. The Bertz CT molecular complexity index is 1160. The van der Waals surface area contributed by atoms with Crippen molar-refractivity contribution < 1.29 is 26.3 Å². The zero-order valence-electron chi connectivity index (χ0n) is 15.2. The van der Waals surface area contributed by atoms with Crippen molar-refractivity contribution in [3.05, 3.63) is 59.9 Å². The van der Waals surface area contributed by atoms with E-state index in [0.29, 0.717) is 17.4 Å². The topological polar surface area (TPSA) is 72.4 Å². The van der Waals surface area contributed by atoms with Gasteiger partial charge in [0.05, 0.1) is 24.2 Å². The van der Waals surface area contributed by atoms with E-state index in [2.05, 4.69) is 9.97 Å². The van der Waals surface area contributed by atoms with Gasteiger partial charge >= 0.3 is 6.18 Å². The van der Waals surface area contributed by atoms with E-state index in [4.69, 9.17) is 4.74 Å². The fourth-order valence-corrected chi connectivity index (χ4v) is 4.69. The zero-order chi connectivity index (χ0) is 20.8. The summed E-state index contributed by atoms with van der Waals surface area (Å²) in [5.41, 5.74) is 0.237. The molecule has 152 valence electrons. The highest BCUT2D eigenvalue weighted by molar-refractivity contribution is 7.89. The summed E-state index contributed by atoms with van der Waals surface area (Å²) in [6, 6.07) is 10.6. The van der Waals surface area contributed by atoms with Crippen molar-refractivity contribution in [1.29, 1.82) is 0 Å². The van der Waals surface area contributed by atoms with Gasteiger partial charge in [0.1, 0.15) is 11.0 Å². The molecule has 29 heavy (non-hydrogen) atoms. The van der Waals surface area contributed by atoms with Crippen molar-refractivity contribution in [3.63, 3.8) is 0 Å². The van der Waals surface area contributed by atoms with E-state index in [-0.39, 0.29) is 23.9 Å². The lowest BCUT2D eigenvalue weighted by Crippen LogP contribution is -2.56. The molecular formula is C19H16F3N3O3S. The average Bonchev–Trinajstić information content (AvgIpc) is 2.63. The van der Waals surface area contributed by atoms with Crippen LogP contribution in [0.25, 0.3) is 10.9 Å². The Balaban J connectivity index is 1.48. The predicted molar refractivity (Wildman–Crippen MR) is 98.9 cm³/mol. The van der Waals surface area contributed by atoms with Crippen molar-refractivity contribution in [1.82, 2.24) is 14.3 Å². The van der Waals surface area contributed by atoms with Crippen LogP contribution in [0.5, 0.6) is 5.88 Å². The van der Waals surface area contributed by atoms with Gasteiger partial charge in [-0.05, 0) is 25.1 Å². The Labute approximate surface area is 165 Å². The maximum Gasteiger partial charge on any atom is 0.417 e. The first-order valence-corrected chi connectivity index (χ1v) is 10.1. The normalized spacial score (nSPS) is 16.0. The first kappa shape index (κ1) is 19.6. The van der Waals surface area contributed by atoms with Crippen LogP contribution in [-0.2, 0) is 16.2 Å². The summed E-state index contributed by atoms with van der Waals surface area (Å²) < 4.78 is 70.4. The molecule has 1 aliphatic rings. The first-order valence-electron chi connectivity index (χ1n) is 8.71. The van der Waals surface area contributed by atoms with Crippen LogP contribution in [0.4, 0.5) is 13.2 Å². The van der Waals surface area contributed by atoms with Gasteiger partial charge in [-0.15, -0.1) is 0 Å². The van der Waals surface area contributed by atoms with Crippen molar-refractivity contribution in [2.24, 2.45) is 0 Å². The maximum atomic E-state index is 13.0. The van der Waals surface area contributed by atoms with Crippen LogP contribution >= 0.6 is 0 Å². The average molecular weight is 423 g/mol. The lowest BCUT2D eigenvalue weighted by atomic mass is 10.2. The van der Waals surface area contributed by atoms with Crippen LogP contribution in [0.15, 0.2) is 53.6 Å². The number of hydrogen-bond donors (Lipinski definition) is 0. The minimum absolute atomic E-state index is 0.0162. The first-order chi connectivity index (χ1) is 13.6. The third kappa shape index (κ3) is 3.77. The summed E-state index contributed by atoms with van der Waals surface area (Å²) in [6.45, 7) is 1.94. The lowest BCUT2D eigenvalue weighted by molar-refractivity contribution is -0.137. The number of pyridine rings is 2. The molecule has 3 heterocycles. The molecular weight excluding hydrogens is 407 g/mol. The van der Waals surface area contributed by atoms with E-state index in [9.17, 15) is 21.6 Å². The van der Waals surface area contributed by atoms with Crippen molar-refractivity contribution in [2.45, 2.75) is 24.1 Å². The van der Waals surface area contributed by atoms with E-state index in [1.54, 1.807) is 19.1 Å². The molecule has 0 radical (unpaired) electrons. The number of para-hydroxylation sites is 1. The molecule has 1 aliphatic heterocycles. The van der Waals surface area contributed by atoms with E-state index < -0.39 is 27.9 Å². The predicted octanol–water partition coefficient (Wildman–Crippen LogP) is 3.41. The number of alkyl halides is 3. The minimum atomic E-state index is -4.47. The van der Waals surface area contributed by atoms with Gasteiger partial charge in [0.2, 0.25) is 15.9 Å². The van der Waals surface area contributed by atoms with Crippen LogP contribution in [0.1, 0.15) is 11.3 Å². The number of aromatic nitrogens is 2. The molecule has 0 aliphatic carbocycles. The summed E-state index contributed by atoms with van der Waals surface area (Å²) in [5.74, 6) is 0.0162. The van der Waals surface area contributed by atoms with Gasteiger partial charge in [0.15, 0.2) is 0 Å². The Morgan fingerprint density at radius 3 is 2.52 bits per heavy atom. The second-order valence-corrected chi connectivity index (χ2v) is 8.63. The number of aryl methyl sites for hydroxylation is 1. The van der Waals surface area contributed by atoms with E-state index >= 15 is 0 Å². The molecule has 0 N–H and O–H groups in total. The SMILES string of the molecule is Cc1ccc2cccc(S(=O)(=O)N3CC(Oc4ccc(C(F)(F)F)cn4)C3)c2n1. The van der Waals surface area contributed by atoms with Gasteiger partial charge in [-0.2, -0.15) is 17.5 Å². The van der Waals surface area contributed by atoms with Gasteiger partial charge in [-0.3, -0.25) is 4.98 Å². The minimum Gasteiger partial charge on any atom is -0.472 e. The Hall–Kier alpha value is -2.72. The molecule has 1 saturated heterocycles. The van der Waals surface area contributed by atoms with E-state index in [0.717, 1.165) is 17.5 Å². The Kier molecular flexibility index (Phi) is 4.70. The molecule has 6 nitrogen and oxygen atoms in total. The second kappa shape index (κ2) is 6.96. The summed E-state index contributed by atoms with van der Waals surface area (Å²) in [7, 11) is -3.78. The molecule has 1 fully saturated rings. The van der Waals surface area contributed by atoms with E-state index in [1.165, 1.54) is 10.4 Å². The number of halogens is 3. The molecule has 0 amide bonds. The van der Waals surface area contributed by atoms with Crippen LogP contribution in [0.2, 0.25) is 0 Å². The van der Waals surface area contributed by atoms with E-state index in [1.807, 2.05) is 12.1 Å². The number of hydrogen-bond acceptors (Lipinski definition) is 5. The van der Waals surface area contributed by atoms with Gasteiger partial charge in [-0.1, -0.05) is 18.2 Å². The van der Waals surface area contributed by atoms with Gasteiger partial charge in [-0.25, -0.2) is 13.4 Å². The number of sulfonamides is 1. The maximum absolute atomic E-state index is 13.0. The summed E-state index contributed by atoms with van der Waals surface area (Å²) >= 11 is 0. The molecule has 4 rings (SSSR count). The molecule has 0 saturated carbocycles. The second-order valence-electron chi connectivity index (χ2n) is 6.73. The number of fused-ring (bicyclic) bond motifs is 1. The summed E-state index contributed by atoms with van der Waals surface area (Å²) in [5, 5.41) is 0.721. The molecule has 3 aromatic rings. The van der Waals surface area contributed by atoms with Crippen molar-refractivity contribution >= 4 is 20.9 Å².